The highest BCUT2D eigenvalue weighted by molar-refractivity contribution is 4.88. The molecule has 0 unspecified atom stereocenters. The van der Waals surface area contributed by atoms with Gasteiger partial charge < -0.3 is 10.1 Å². The highest BCUT2D eigenvalue weighted by atomic mass is 16.5. The largest absolute Gasteiger partial charge is 0.381 e. The lowest BCUT2D eigenvalue weighted by atomic mass is 10.0. The molecule has 0 saturated carbocycles. The normalized spacial score (nSPS) is 26.3. The Hall–Kier alpha value is -0.120. The molecule has 3 heteroatoms. The van der Waals surface area contributed by atoms with E-state index in [0.29, 0.717) is 0 Å². The minimum absolute atomic E-state index is 0.783. The first-order chi connectivity index (χ1) is 6.42. The van der Waals surface area contributed by atoms with E-state index in [1.165, 1.54) is 32.5 Å². The van der Waals surface area contributed by atoms with Crippen molar-refractivity contribution in [1.82, 2.24) is 10.2 Å². The maximum Gasteiger partial charge on any atom is 0.0480 e. The van der Waals surface area contributed by atoms with E-state index < -0.39 is 0 Å². The van der Waals surface area contributed by atoms with Gasteiger partial charge in [0.25, 0.3) is 0 Å². The van der Waals surface area contributed by atoms with E-state index in [1.807, 2.05) is 0 Å². The second-order valence-corrected chi connectivity index (χ2v) is 3.99. The average molecular weight is 184 g/mol. The van der Waals surface area contributed by atoms with Crippen LogP contribution in [0, 0.1) is 0 Å². The van der Waals surface area contributed by atoms with Crippen LogP contribution in [0.2, 0.25) is 0 Å². The van der Waals surface area contributed by atoms with Crippen LogP contribution in [0.5, 0.6) is 0 Å². The Morgan fingerprint density at radius 2 is 1.92 bits per heavy atom. The molecule has 0 amide bonds. The lowest BCUT2D eigenvalue weighted by molar-refractivity contribution is 0.00857. The van der Waals surface area contributed by atoms with Crippen molar-refractivity contribution in [2.75, 3.05) is 32.8 Å². The van der Waals surface area contributed by atoms with Crippen molar-refractivity contribution < 1.29 is 4.74 Å². The quantitative estimate of drug-likeness (QED) is 0.689. The molecule has 13 heavy (non-hydrogen) atoms. The fourth-order valence-electron chi connectivity index (χ4n) is 2.34. The monoisotopic (exact) mass is 184 g/mol. The number of ether oxygens (including phenoxy) is 1. The molecule has 1 N–H and O–H groups in total. The predicted molar refractivity (Wildman–Crippen MR) is 52.9 cm³/mol. The molecule has 0 atom stereocenters. The first kappa shape index (κ1) is 9.44. The molecule has 0 radical (unpaired) electrons. The topological polar surface area (TPSA) is 24.5 Å². The molecule has 2 rings (SSSR count). The summed E-state index contributed by atoms with van der Waals surface area (Å²) in [6, 6.07) is 1.58. The fourth-order valence-corrected chi connectivity index (χ4v) is 2.34. The molecule has 0 aromatic heterocycles. The third-order valence-electron chi connectivity index (χ3n) is 3.25. The molecule has 3 nitrogen and oxygen atoms in total. The van der Waals surface area contributed by atoms with Gasteiger partial charge in [-0.2, -0.15) is 0 Å². The van der Waals surface area contributed by atoms with Gasteiger partial charge in [-0.05, 0) is 19.4 Å². The van der Waals surface area contributed by atoms with E-state index >= 15 is 0 Å². The smallest absolute Gasteiger partial charge is 0.0480 e. The van der Waals surface area contributed by atoms with Crippen molar-refractivity contribution in [1.29, 1.82) is 0 Å². The SMILES string of the molecule is CCN(C1CCOCC1)C1CNC1. The fraction of sp³-hybridized carbons (Fsp3) is 1.00. The van der Waals surface area contributed by atoms with E-state index in [4.69, 9.17) is 4.74 Å². The van der Waals surface area contributed by atoms with Gasteiger partial charge in [-0.1, -0.05) is 6.92 Å². The van der Waals surface area contributed by atoms with Gasteiger partial charge in [0.1, 0.15) is 0 Å². The summed E-state index contributed by atoms with van der Waals surface area (Å²) in [4.78, 5) is 2.65. The first-order valence-corrected chi connectivity index (χ1v) is 5.46. The van der Waals surface area contributed by atoms with Gasteiger partial charge in [0, 0.05) is 38.4 Å². The van der Waals surface area contributed by atoms with Crippen LogP contribution in [0.1, 0.15) is 19.8 Å². The lowest BCUT2D eigenvalue weighted by Gasteiger charge is -2.43. The second kappa shape index (κ2) is 4.40. The van der Waals surface area contributed by atoms with Crippen molar-refractivity contribution in [2.45, 2.75) is 31.8 Å². The number of rotatable bonds is 3. The summed E-state index contributed by atoms with van der Waals surface area (Å²) in [5.41, 5.74) is 0. The van der Waals surface area contributed by atoms with Gasteiger partial charge in [-0.25, -0.2) is 0 Å². The van der Waals surface area contributed by atoms with Crippen LogP contribution in [-0.4, -0.2) is 49.8 Å². The Labute approximate surface area is 80.4 Å². The molecule has 2 aliphatic rings. The summed E-state index contributed by atoms with van der Waals surface area (Å²) in [7, 11) is 0. The summed E-state index contributed by atoms with van der Waals surface area (Å²) in [6.45, 7) is 7.75. The van der Waals surface area contributed by atoms with Gasteiger partial charge in [-0.15, -0.1) is 0 Å². The minimum atomic E-state index is 0.783. The van der Waals surface area contributed by atoms with E-state index in [2.05, 4.69) is 17.1 Å². The third-order valence-corrected chi connectivity index (χ3v) is 3.25. The van der Waals surface area contributed by atoms with Crippen molar-refractivity contribution in [2.24, 2.45) is 0 Å². The second-order valence-electron chi connectivity index (χ2n) is 3.99. The van der Waals surface area contributed by atoms with Crippen molar-refractivity contribution in [3.63, 3.8) is 0 Å². The highest BCUT2D eigenvalue weighted by Gasteiger charge is 2.29. The molecule has 0 spiro atoms. The van der Waals surface area contributed by atoms with Crippen LogP contribution in [0.25, 0.3) is 0 Å². The maximum atomic E-state index is 5.38. The number of nitrogens with one attached hydrogen (secondary N) is 1. The van der Waals surface area contributed by atoms with E-state index in [9.17, 15) is 0 Å². The van der Waals surface area contributed by atoms with E-state index in [-0.39, 0.29) is 0 Å². The highest BCUT2D eigenvalue weighted by Crippen LogP contribution is 2.18. The zero-order valence-electron chi connectivity index (χ0n) is 8.46. The summed E-state index contributed by atoms with van der Waals surface area (Å²) < 4.78 is 5.38. The summed E-state index contributed by atoms with van der Waals surface area (Å²) in [5, 5.41) is 3.34. The van der Waals surface area contributed by atoms with Gasteiger partial charge in [0.15, 0.2) is 0 Å². The minimum Gasteiger partial charge on any atom is -0.381 e. The Bertz CT molecular complexity index is 153. The number of hydrogen-bond acceptors (Lipinski definition) is 3. The van der Waals surface area contributed by atoms with Crippen LogP contribution in [0.4, 0.5) is 0 Å². The molecule has 0 aromatic carbocycles. The molecule has 0 aromatic rings. The summed E-state index contributed by atoms with van der Waals surface area (Å²) >= 11 is 0. The van der Waals surface area contributed by atoms with Crippen molar-refractivity contribution >= 4 is 0 Å². The zero-order chi connectivity index (χ0) is 9.10. The van der Waals surface area contributed by atoms with E-state index in [1.54, 1.807) is 0 Å². The molecule has 2 aliphatic heterocycles. The third kappa shape index (κ3) is 2.03. The molecule has 2 heterocycles. The van der Waals surface area contributed by atoms with Crippen LogP contribution < -0.4 is 5.32 Å². The van der Waals surface area contributed by atoms with Gasteiger partial charge in [0.2, 0.25) is 0 Å². The first-order valence-electron chi connectivity index (χ1n) is 5.46. The van der Waals surface area contributed by atoms with Crippen molar-refractivity contribution in [3.8, 4) is 0 Å². The van der Waals surface area contributed by atoms with Gasteiger partial charge in [-0.3, -0.25) is 4.90 Å². The Morgan fingerprint density at radius 1 is 1.23 bits per heavy atom. The van der Waals surface area contributed by atoms with Crippen LogP contribution >= 0.6 is 0 Å². The molecular weight excluding hydrogens is 164 g/mol. The molecule has 2 saturated heterocycles. The summed E-state index contributed by atoms with van der Waals surface area (Å²) in [5.74, 6) is 0. The molecule has 2 fully saturated rings. The molecule has 76 valence electrons. The molecule has 0 bridgehead atoms. The summed E-state index contributed by atoms with van der Waals surface area (Å²) in [6.07, 6.45) is 2.45. The average Bonchev–Trinajstić information content (AvgIpc) is 2.12. The maximum absolute atomic E-state index is 5.38. The van der Waals surface area contributed by atoms with Gasteiger partial charge >= 0.3 is 0 Å². The van der Waals surface area contributed by atoms with Gasteiger partial charge in [0.05, 0.1) is 0 Å². The van der Waals surface area contributed by atoms with Crippen LogP contribution in [0.15, 0.2) is 0 Å². The number of nitrogens with zero attached hydrogens (tertiary/aromatic N) is 1. The Balaban J connectivity index is 1.86. The molecular formula is C10H20N2O. The Kier molecular flexibility index (Phi) is 3.19. The predicted octanol–water partition coefficient (Wildman–Crippen LogP) is 0.459. The zero-order valence-corrected chi connectivity index (χ0v) is 8.46. The lowest BCUT2D eigenvalue weighted by Crippen LogP contribution is -2.60. The number of likely N-dealkylation sites (N-methyl/N-ethyl adjacent to an activating group) is 1. The standard InChI is InChI=1S/C10H20N2O/c1-2-12(10-7-11-8-10)9-3-5-13-6-4-9/h9-11H,2-8H2,1H3. The number of hydrogen-bond donors (Lipinski definition) is 1. The molecule has 0 aliphatic carbocycles. The Morgan fingerprint density at radius 3 is 2.38 bits per heavy atom. The van der Waals surface area contributed by atoms with Crippen molar-refractivity contribution in [3.05, 3.63) is 0 Å². The van der Waals surface area contributed by atoms with Crippen LogP contribution in [-0.2, 0) is 4.74 Å². The van der Waals surface area contributed by atoms with Crippen LogP contribution in [0.3, 0.4) is 0 Å². The van der Waals surface area contributed by atoms with E-state index in [0.717, 1.165) is 25.3 Å².